The quantitative estimate of drug-likeness (QED) is 0.0291. The second-order valence-corrected chi connectivity index (χ2v) is 16.5. The van der Waals surface area contributed by atoms with Crippen molar-refractivity contribution in [1.82, 2.24) is 5.32 Å². The number of unbranched alkanes of at least 4 members (excludes halogenated alkanes) is 10. The zero-order chi connectivity index (χ0) is 46.8. The van der Waals surface area contributed by atoms with Crippen molar-refractivity contribution in [2.45, 2.75) is 203 Å². The third-order valence-electron chi connectivity index (χ3n) is 11.1. The molecule has 0 aromatic rings. The number of amides is 1. The Bertz CT molecular complexity index is 1400. The van der Waals surface area contributed by atoms with Crippen LogP contribution in [0.15, 0.2) is 85.1 Å². The van der Waals surface area contributed by atoms with Crippen LogP contribution in [0.4, 0.5) is 0 Å². The highest BCUT2D eigenvalue weighted by atomic mass is 16.7. The molecule has 366 valence electrons. The van der Waals surface area contributed by atoms with Crippen molar-refractivity contribution < 1.29 is 64.6 Å². The standard InChI is InChI=1S/C50H83NO13/c1-3-5-7-9-11-13-14-15-16-17-18-19-20-21-22-23-24-26-28-30-32-34-42(55)51-38(39(54)33-31-29-27-25-12-10-8-6-4-2)37-61-49-47(60)45(58)48(41(36-53)63-49)64-50-46(59)44(57)43(56)40(35-52)62-50/h4-7,11-13,15-16,18-19,25,31,33,38-41,43-50,52-54,56-60H,3,8-10,14,17,20-24,26-30,32,34-37H2,1-2H3,(H,51,55)/b6-4+,7-5-,13-11-,16-15-,19-18-,25-12+,33-31+. The van der Waals surface area contributed by atoms with Gasteiger partial charge in [-0.2, -0.15) is 0 Å². The number of carbonyl (C=O) groups excluding carboxylic acids is 1. The highest BCUT2D eigenvalue weighted by Gasteiger charge is 2.50. The Morgan fingerprint density at radius 2 is 1.11 bits per heavy atom. The fraction of sp³-hybridized carbons (Fsp3) is 0.700. The van der Waals surface area contributed by atoms with E-state index in [0.29, 0.717) is 12.8 Å². The number of hydrogen-bond donors (Lipinski definition) is 9. The molecule has 12 unspecified atom stereocenters. The van der Waals surface area contributed by atoms with Crippen molar-refractivity contribution in [3.63, 3.8) is 0 Å². The number of nitrogens with one attached hydrogen (secondary N) is 1. The van der Waals surface area contributed by atoms with E-state index in [4.69, 9.17) is 18.9 Å². The summed E-state index contributed by atoms with van der Waals surface area (Å²) in [4.78, 5) is 13.1. The molecule has 0 radical (unpaired) electrons. The minimum atomic E-state index is -1.80. The molecular formula is C50H83NO13. The number of rotatable bonds is 34. The maximum Gasteiger partial charge on any atom is 0.220 e. The molecule has 0 bridgehead atoms. The average Bonchev–Trinajstić information content (AvgIpc) is 3.29. The summed E-state index contributed by atoms with van der Waals surface area (Å²) in [6, 6.07) is -0.944. The van der Waals surface area contributed by atoms with Gasteiger partial charge in [-0.3, -0.25) is 4.79 Å². The van der Waals surface area contributed by atoms with Gasteiger partial charge >= 0.3 is 0 Å². The van der Waals surface area contributed by atoms with Crippen LogP contribution in [0.25, 0.3) is 0 Å². The number of aliphatic hydroxyl groups excluding tert-OH is 8. The summed E-state index contributed by atoms with van der Waals surface area (Å²) >= 11 is 0. The first-order valence-electron chi connectivity index (χ1n) is 23.8. The minimum Gasteiger partial charge on any atom is -0.394 e. The van der Waals surface area contributed by atoms with Crippen molar-refractivity contribution in [3.05, 3.63) is 85.1 Å². The molecular weight excluding hydrogens is 823 g/mol. The lowest BCUT2D eigenvalue weighted by Gasteiger charge is -2.46. The summed E-state index contributed by atoms with van der Waals surface area (Å²) in [5.74, 6) is -0.271. The van der Waals surface area contributed by atoms with Crippen LogP contribution in [0.3, 0.4) is 0 Å². The van der Waals surface area contributed by atoms with Crippen LogP contribution in [0, 0.1) is 0 Å². The highest BCUT2D eigenvalue weighted by Crippen LogP contribution is 2.30. The maximum atomic E-state index is 13.1. The van der Waals surface area contributed by atoms with Crippen LogP contribution in [-0.4, -0.2) is 140 Å². The minimum absolute atomic E-state index is 0.255. The van der Waals surface area contributed by atoms with E-state index < -0.39 is 86.8 Å². The van der Waals surface area contributed by atoms with E-state index in [0.717, 1.165) is 77.0 Å². The van der Waals surface area contributed by atoms with E-state index in [9.17, 15) is 45.6 Å². The molecule has 0 saturated carbocycles. The van der Waals surface area contributed by atoms with Crippen molar-refractivity contribution >= 4 is 5.91 Å². The monoisotopic (exact) mass is 906 g/mol. The van der Waals surface area contributed by atoms with Gasteiger partial charge in [0.1, 0.15) is 48.8 Å². The first-order valence-corrected chi connectivity index (χ1v) is 23.8. The van der Waals surface area contributed by atoms with Crippen LogP contribution in [0.1, 0.15) is 129 Å². The van der Waals surface area contributed by atoms with Crippen LogP contribution < -0.4 is 5.32 Å². The first kappa shape index (κ1) is 57.3. The van der Waals surface area contributed by atoms with Gasteiger partial charge in [-0.05, 0) is 77.6 Å². The third kappa shape index (κ3) is 23.6. The largest absolute Gasteiger partial charge is 0.394 e. The van der Waals surface area contributed by atoms with Gasteiger partial charge in [0, 0.05) is 6.42 Å². The predicted octanol–water partition coefficient (Wildman–Crippen LogP) is 5.43. The summed E-state index contributed by atoms with van der Waals surface area (Å²) in [5, 5.41) is 86.4. The van der Waals surface area contributed by atoms with Gasteiger partial charge < -0.3 is 65.1 Å². The molecule has 0 aliphatic carbocycles. The van der Waals surface area contributed by atoms with Gasteiger partial charge in [0.05, 0.1) is 32.0 Å². The topological polar surface area (TPSA) is 228 Å². The molecule has 64 heavy (non-hydrogen) atoms. The lowest BCUT2D eigenvalue weighted by molar-refractivity contribution is -0.359. The molecule has 0 aromatic heterocycles. The van der Waals surface area contributed by atoms with E-state index in [1.807, 2.05) is 19.1 Å². The van der Waals surface area contributed by atoms with E-state index in [2.05, 4.69) is 79.1 Å². The van der Waals surface area contributed by atoms with Gasteiger partial charge in [0.2, 0.25) is 5.91 Å². The van der Waals surface area contributed by atoms with E-state index in [-0.39, 0.29) is 18.9 Å². The van der Waals surface area contributed by atoms with Crippen molar-refractivity contribution in [2.75, 3.05) is 19.8 Å². The molecule has 9 N–H and O–H groups in total. The molecule has 2 rings (SSSR count). The van der Waals surface area contributed by atoms with Gasteiger partial charge in [0.15, 0.2) is 12.6 Å². The molecule has 2 aliphatic heterocycles. The SMILES string of the molecule is C/C=C/CC/C=C/CC/C=C/C(O)C(COC1OC(CO)C(OC2OC(CO)C(O)C(O)C2O)C(O)C1O)NC(=O)CCCCCCCCCC/C=C\C/C=C\C/C=C\C/C=C\CC. The Balaban J connectivity index is 1.82. The zero-order valence-corrected chi connectivity index (χ0v) is 38.5. The molecule has 14 heteroatoms. The van der Waals surface area contributed by atoms with Gasteiger partial charge in [0.25, 0.3) is 0 Å². The Kier molecular flexibility index (Phi) is 32.5. The number of allylic oxidation sites excluding steroid dienone is 13. The lowest BCUT2D eigenvalue weighted by atomic mass is 9.97. The van der Waals surface area contributed by atoms with Crippen LogP contribution in [-0.2, 0) is 23.7 Å². The van der Waals surface area contributed by atoms with Gasteiger partial charge in [-0.1, -0.05) is 131 Å². The maximum absolute atomic E-state index is 13.1. The highest BCUT2D eigenvalue weighted by molar-refractivity contribution is 5.76. The number of aliphatic hydroxyl groups is 8. The predicted molar refractivity (Wildman–Crippen MR) is 249 cm³/mol. The van der Waals surface area contributed by atoms with Crippen LogP contribution in [0.5, 0.6) is 0 Å². The van der Waals surface area contributed by atoms with Crippen molar-refractivity contribution in [2.24, 2.45) is 0 Å². The van der Waals surface area contributed by atoms with E-state index in [1.54, 1.807) is 6.08 Å². The van der Waals surface area contributed by atoms with Gasteiger partial charge in [-0.15, -0.1) is 0 Å². The molecule has 2 aliphatic rings. The molecule has 0 spiro atoms. The molecule has 1 amide bonds. The summed E-state index contributed by atoms with van der Waals surface area (Å²) in [5.41, 5.74) is 0. The molecule has 2 heterocycles. The fourth-order valence-corrected chi connectivity index (χ4v) is 7.26. The summed E-state index contributed by atoms with van der Waals surface area (Å²) in [6.45, 7) is 2.37. The van der Waals surface area contributed by atoms with E-state index in [1.165, 1.54) is 19.3 Å². The van der Waals surface area contributed by atoms with Crippen molar-refractivity contribution in [1.29, 1.82) is 0 Å². The smallest absolute Gasteiger partial charge is 0.220 e. The zero-order valence-electron chi connectivity index (χ0n) is 38.5. The number of ether oxygens (including phenoxy) is 4. The first-order chi connectivity index (χ1) is 31.1. The summed E-state index contributed by atoms with van der Waals surface area (Å²) < 4.78 is 22.6. The van der Waals surface area contributed by atoms with E-state index >= 15 is 0 Å². The molecule has 2 fully saturated rings. The third-order valence-corrected chi connectivity index (χ3v) is 11.1. The Hall–Kier alpha value is -2.83. The van der Waals surface area contributed by atoms with Gasteiger partial charge in [-0.25, -0.2) is 0 Å². The number of hydrogen-bond acceptors (Lipinski definition) is 13. The normalized spacial score (nSPS) is 28.0. The average molecular weight is 906 g/mol. The second kappa shape index (κ2) is 36.3. The molecule has 12 atom stereocenters. The second-order valence-electron chi connectivity index (χ2n) is 16.5. The summed E-state index contributed by atoms with van der Waals surface area (Å²) in [7, 11) is 0. The van der Waals surface area contributed by atoms with Crippen molar-refractivity contribution in [3.8, 4) is 0 Å². The molecule has 2 saturated heterocycles. The molecule has 14 nitrogen and oxygen atoms in total. The lowest BCUT2D eigenvalue weighted by Crippen LogP contribution is -2.65. The molecule has 0 aromatic carbocycles. The number of carbonyl (C=O) groups is 1. The van der Waals surface area contributed by atoms with Crippen LogP contribution >= 0.6 is 0 Å². The Morgan fingerprint density at radius 3 is 1.72 bits per heavy atom. The Labute approximate surface area is 382 Å². The fourth-order valence-electron chi connectivity index (χ4n) is 7.26. The summed E-state index contributed by atoms with van der Waals surface area (Å²) in [6.07, 6.45) is 29.4. The van der Waals surface area contributed by atoms with Crippen LogP contribution in [0.2, 0.25) is 0 Å². The Morgan fingerprint density at radius 1 is 0.594 bits per heavy atom.